The predicted molar refractivity (Wildman–Crippen MR) is 74.8 cm³/mol. The Labute approximate surface area is 112 Å². The summed E-state index contributed by atoms with van der Waals surface area (Å²) in [6.07, 6.45) is 0. The Kier molecular flexibility index (Phi) is 4.74. The van der Waals surface area contributed by atoms with Crippen molar-refractivity contribution in [3.63, 3.8) is 0 Å². The number of thiophene rings is 1. The van der Waals surface area contributed by atoms with Gasteiger partial charge in [0.05, 0.1) is 0 Å². The van der Waals surface area contributed by atoms with Crippen molar-refractivity contribution in [2.75, 3.05) is 26.2 Å². The highest BCUT2D eigenvalue weighted by Gasteiger charge is 2.32. The Bertz CT molecular complexity index is 380. The lowest BCUT2D eigenvalue weighted by Gasteiger charge is -2.38. The number of piperazine rings is 1. The lowest BCUT2D eigenvalue weighted by molar-refractivity contribution is -0.127. The molecular weight excluding hydrogens is 246 g/mol. The molecule has 1 aromatic rings. The van der Waals surface area contributed by atoms with E-state index in [4.69, 9.17) is 0 Å². The second-order valence-corrected chi connectivity index (χ2v) is 5.52. The van der Waals surface area contributed by atoms with Gasteiger partial charge in [-0.05, 0) is 25.3 Å². The highest BCUT2D eigenvalue weighted by molar-refractivity contribution is 7.10. The molecule has 1 saturated heterocycles. The van der Waals surface area contributed by atoms with Gasteiger partial charge in [-0.3, -0.25) is 9.69 Å². The number of nitrogens with one attached hydrogen (secondary N) is 2. The molecule has 18 heavy (non-hydrogen) atoms. The van der Waals surface area contributed by atoms with Crippen LogP contribution < -0.4 is 10.6 Å². The van der Waals surface area contributed by atoms with E-state index in [0.29, 0.717) is 12.6 Å². The Hall–Kier alpha value is -0.910. The fourth-order valence-corrected chi connectivity index (χ4v) is 3.22. The molecule has 0 saturated carbocycles. The van der Waals surface area contributed by atoms with E-state index in [-0.39, 0.29) is 11.9 Å². The Morgan fingerprint density at radius 3 is 3.22 bits per heavy atom. The average molecular weight is 267 g/mol. The van der Waals surface area contributed by atoms with Gasteiger partial charge in [-0.2, -0.15) is 0 Å². The van der Waals surface area contributed by atoms with Crippen molar-refractivity contribution < 1.29 is 4.79 Å². The molecule has 1 aliphatic rings. The van der Waals surface area contributed by atoms with Gasteiger partial charge in [-0.15, -0.1) is 11.3 Å². The molecule has 2 rings (SSSR count). The minimum atomic E-state index is -0.0594. The topological polar surface area (TPSA) is 44.4 Å². The fraction of sp³-hybridized carbons (Fsp3) is 0.615. The Morgan fingerprint density at radius 1 is 1.72 bits per heavy atom. The molecule has 100 valence electrons. The first-order valence-electron chi connectivity index (χ1n) is 6.51. The summed E-state index contributed by atoms with van der Waals surface area (Å²) >= 11 is 1.76. The average Bonchev–Trinajstić information content (AvgIpc) is 2.92. The van der Waals surface area contributed by atoms with E-state index >= 15 is 0 Å². The summed E-state index contributed by atoms with van der Waals surface area (Å²) < 4.78 is 0. The van der Waals surface area contributed by atoms with E-state index in [1.807, 2.05) is 6.92 Å². The second-order valence-electron chi connectivity index (χ2n) is 4.54. The van der Waals surface area contributed by atoms with Gasteiger partial charge in [0.15, 0.2) is 0 Å². The van der Waals surface area contributed by atoms with E-state index in [1.165, 1.54) is 4.88 Å². The molecule has 1 fully saturated rings. The van der Waals surface area contributed by atoms with Gasteiger partial charge in [0.2, 0.25) is 5.91 Å². The molecule has 0 bridgehead atoms. The van der Waals surface area contributed by atoms with Crippen molar-refractivity contribution in [1.29, 1.82) is 0 Å². The van der Waals surface area contributed by atoms with Crippen LogP contribution in [0.1, 0.15) is 24.8 Å². The first-order valence-corrected chi connectivity index (χ1v) is 7.39. The smallest absolute Gasteiger partial charge is 0.238 e. The number of amides is 1. The molecule has 0 aromatic carbocycles. The maximum atomic E-state index is 12.1. The van der Waals surface area contributed by atoms with Crippen LogP contribution >= 0.6 is 11.3 Å². The van der Waals surface area contributed by atoms with Gasteiger partial charge in [0.1, 0.15) is 6.04 Å². The number of carbonyl (C=O) groups excluding carboxylic acids is 1. The number of likely N-dealkylation sites (N-methyl/N-ethyl adjacent to an activating group) is 1. The van der Waals surface area contributed by atoms with Crippen molar-refractivity contribution in [1.82, 2.24) is 15.5 Å². The quantitative estimate of drug-likeness (QED) is 0.862. The number of nitrogens with zero attached hydrogens (tertiary/aromatic N) is 1. The van der Waals surface area contributed by atoms with Gasteiger partial charge in [-0.1, -0.05) is 6.07 Å². The van der Waals surface area contributed by atoms with Crippen molar-refractivity contribution in [3.8, 4) is 0 Å². The van der Waals surface area contributed by atoms with Crippen LogP contribution in [0, 0.1) is 0 Å². The lowest BCUT2D eigenvalue weighted by atomic mass is 10.1. The highest BCUT2D eigenvalue weighted by atomic mass is 32.1. The molecule has 2 atom stereocenters. The third-order valence-corrected chi connectivity index (χ3v) is 4.43. The monoisotopic (exact) mass is 267 g/mol. The first-order chi connectivity index (χ1) is 8.74. The molecule has 1 amide bonds. The maximum absolute atomic E-state index is 12.1. The minimum Gasteiger partial charge on any atom is -0.355 e. The first kappa shape index (κ1) is 13.5. The van der Waals surface area contributed by atoms with Crippen molar-refractivity contribution in [3.05, 3.63) is 22.4 Å². The zero-order chi connectivity index (χ0) is 13.0. The summed E-state index contributed by atoms with van der Waals surface area (Å²) in [5.41, 5.74) is 0. The van der Waals surface area contributed by atoms with Crippen molar-refractivity contribution >= 4 is 17.2 Å². The molecule has 2 N–H and O–H groups in total. The SMILES string of the molecule is CCNC(=O)C1CNCCN1C(C)c1cccs1. The van der Waals surface area contributed by atoms with Crippen LogP contribution in [0.4, 0.5) is 0 Å². The summed E-state index contributed by atoms with van der Waals surface area (Å²) in [6.45, 7) is 7.44. The van der Waals surface area contributed by atoms with E-state index in [2.05, 4.69) is 40.0 Å². The molecule has 4 nitrogen and oxygen atoms in total. The number of rotatable bonds is 4. The second kappa shape index (κ2) is 6.31. The van der Waals surface area contributed by atoms with Crippen LogP contribution in [0.25, 0.3) is 0 Å². The van der Waals surface area contributed by atoms with Crippen LogP contribution in [-0.2, 0) is 4.79 Å². The van der Waals surface area contributed by atoms with E-state index < -0.39 is 0 Å². The summed E-state index contributed by atoms with van der Waals surface area (Å²) in [5, 5.41) is 8.33. The highest BCUT2D eigenvalue weighted by Crippen LogP contribution is 2.26. The number of carbonyl (C=O) groups is 1. The predicted octanol–water partition coefficient (Wildman–Crippen LogP) is 1.22. The molecule has 0 aliphatic carbocycles. The van der Waals surface area contributed by atoms with E-state index in [9.17, 15) is 4.79 Å². The van der Waals surface area contributed by atoms with Crippen LogP contribution in [0.5, 0.6) is 0 Å². The van der Waals surface area contributed by atoms with Gasteiger partial charge in [0, 0.05) is 37.1 Å². The molecule has 1 aromatic heterocycles. The molecule has 2 heterocycles. The van der Waals surface area contributed by atoms with Gasteiger partial charge >= 0.3 is 0 Å². The standard InChI is InChI=1S/C13H21N3OS/c1-3-15-13(17)11-9-14-6-7-16(11)10(2)12-5-4-8-18-12/h4-5,8,10-11,14H,3,6-7,9H2,1-2H3,(H,15,17). The zero-order valence-corrected chi connectivity index (χ0v) is 11.8. The third-order valence-electron chi connectivity index (χ3n) is 3.39. The molecular formula is C13H21N3OS. The van der Waals surface area contributed by atoms with Gasteiger partial charge < -0.3 is 10.6 Å². The largest absolute Gasteiger partial charge is 0.355 e. The lowest BCUT2D eigenvalue weighted by Crippen LogP contribution is -2.58. The van der Waals surface area contributed by atoms with Gasteiger partial charge in [0.25, 0.3) is 0 Å². The molecule has 0 spiro atoms. The van der Waals surface area contributed by atoms with Crippen LogP contribution in [0.3, 0.4) is 0 Å². The third kappa shape index (κ3) is 2.91. The Morgan fingerprint density at radius 2 is 2.56 bits per heavy atom. The zero-order valence-electron chi connectivity index (χ0n) is 11.0. The molecule has 0 radical (unpaired) electrons. The van der Waals surface area contributed by atoms with Crippen LogP contribution in [0.2, 0.25) is 0 Å². The summed E-state index contributed by atoms with van der Waals surface area (Å²) in [5.74, 6) is 0.133. The molecule has 5 heteroatoms. The number of hydrogen-bond acceptors (Lipinski definition) is 4. The molecule has 1 aliphatic heterocycles. The van der Waals surface area contributed by atoms with Crippen molar-refractivity contribution in [2.24, 2.45) is 0 Å². The fourth-order valence-electron chi connectivity index (χ4n) is 2.41. The summed E-state index contributed by atoms with van der Waals surface area (Å²) in [6, 6.07) is 4.46. The normalized spacial score (nSPS) is 22.7. The maximum Gasteiger partial charge on any atom is 0.238 e. The Balaban J connectivity index is 2.10. The number of hydrogen-bond donors (Lipinski definition) is 2. The van der Waals surface area contributed by atoms with Gasteiger partial charge in [-0.25, -0.2) is 0 Å². The van der Waals surface area contributed by atoms with Crippen molar-refractivity contribution in [2.45, 2.75) is 25.9 Å². The molecule has 2 unspecified atom stereocenters. The van der Waals surface area contributed by atoms with Crippen LogP contribution in [0.15, 0.2) is 17.5 Å². The van der Waals surface area contributed by atoms with Crippen LogP contribution in [-0.4, -0.2) is 43.0 Å². The minimum absolute atomic E-state index is 0.0594. The summed E-state index contributed by atoms with van der Waals surface area (Å²) in [4.78, 5) is 15.7. The van der Waals surface area contributed by atoms with E-state index in [1.54, 1.807) is 11.3 Å². The van der Waals surface area contributed by atoms with E-state index in [0.717, 1.165) is 19.6 Å². The summed E-state index contributed by atoms with van der Waals surface area (Å²) in [7, 11) is 0.